The van der Waals surface area contributed by atoms with Gasteiger partial charge in [-0.05, 0) is 68.3 Å². The molecule has 0 aliphatic carbocycles. The minimum absolute atomic E-state index is 0.0164. The summed E-state index contributed by atoms with van der Waals surface area (Å²) in [5.74, 6) is -1.59. The monoisotopic (exact) mass is 502 g/mol. The van der Waals surface area contributed by atoms with Gasteiger partial charge in [0.05, 0.1) is 4.90 Å². The normalized spacial score (nSPS) is 19.7. The summed E-state index contributed by atoms with van der Waals surface area (Å²) in [4.78, 5) is 12.7. The van der Waals surface area contributed by atoms with Crippen LogP contribution in [0.3, 0.4) is 0 Å². The predicted octanol–water partition coefficient (Wildman–Crippen LogP) is 3.60. The highest BCUT2D eigenvalue weighted by Crippen LogP contribution is 2.32. The number of aliphatic carboxylic acids is 1. The molecular weight excluding hydrogens is 477 g/mol. The smallest absolute Gasteiger partial charge is 0.508 e. The van der Waals surface area contributed by atoms with E-state index in [0.29, 0.717) is 18.8 Å². The van der Waals surface area contributed by atoms with Gasteiger partial charge in [0.1, 0.15) is 11.5 Å². The second-order valence-electron chi connectivity index (χ2n) is 8.16. The number of carbonyl (C=O) groups is 1. The summed E-state index contributed by atoms with van der Waals surface area (Å²) in [6, 6.07) is 8.23. The number of benzene rings is 2. The first-order valence-electron chi connectivity index (χ1n) is 10.5. The van der Waals surface area contributed by atoms with Gasteiger partial charge in [0, 0.05) is 37.3 Å². The Labute approximate surface area is 195 Å². The van der Waals surface area contributed by atoms with Crippen LogP contribution in [0.25, 0.3) is 0 Å². The number of halogens is 3. The van der Waals surface area contributed by atoms with E-state index in [2.05, 4.69) is 4.74 Å². The quantitative estimate of drug-likeness (QED) is 0.596. The van der Waals surface area contributed by atoms with Gasteiger partial charge in [-0.15, -0.1) is 13.2 Å². The second kappa shape index (κ2) is 9.71. The molecule has 0 radical (unpaired) electrons. The third-order valence-electron chi connectivity index (χ3n) is 5.51. The largest absolute Gasteiger partial charge is 0.573 e. The van der Waals surface area contributed by atoms with Crippen LogP contribution in [0.5, 0.6) is 11.5 Å². The number of aryl methyl sites for hydroxylation is 1. The SMILES string of the molecule is C[C@@H]1CN(c2ccc(OC(F)(F)F)cc2)C[C@H](C)N1S(=O)(=O)c1ccc(O)c(CCC(=O)O)c1. The van der Waals surface area contributed by atoms with Gasteiger partial charge in [0.2, 0.25) is 10.0 Å². The molecule has 0 amide bonds. The van der Waals surface area contributed by atoms with Crippen molar-refractivity contribution in [1.82, 2.24) is 4.31 Å². The number of hydrogen-bond donors (Lipinski definition) is 2. The Morgan fingerprint density at radius 2 is 1.68 bits per heavy atom. The molecule has 1 aliphatic rings. The number of alkyl halides is 3. The fourth-order valence-electron chi connectivity index (χ4n) is 4.14. The Morgan fingerprint density at radius 3 is 2.21 bits per heavy atom. The predicted molar refractivity (Wildman–Crippen MR) is 117 cm³/mol. The van der Waals surface area contributed by atoms with Crippen LogP contribution in [0.1, 0.15) is 25.8 Å². The first-order valence-corrected chi connectivity index (χ1v) is 11.9. The van der Waals surface area contributed by atoms with Gasteiger partial charge in [-0.3, -0.25) is 4.79 Å². The molecule has 0 unspecified atom stereocenters. The van der Waals surface area contributed by atoms with Crippen LogP contribution >= 0.6 is 0 Å². The third-order valence-corrected chi connectivity index (χ3v) is 7.63. The fourth-order valence-corrected chi connectivity index (χ4v) is 5.99. The average molecular weight is 503 g/mol. The molecule has 0 aromatic heterocycles. The molecule has 2 atom stereocenters. The second-order valence-corrected chi connectivity index (χ2v) is 10.0. The van der Waals surface area contributed by atoms with Gasteiger partial charge in [0.25, 0.3) is 0 Å². The maximum absolute atomic E-state index is 13.4. The zero-order valence-electron chi connectivity index (χ0n) is 18.5. The number of ether oxygens (including phenoxy) is 1. The standard InChI is InChI=1S/C22H25F3N2O6S/c1-14-12-26(17-4-6-18(7-5-17)33-22(23,24)25)13-15(2)27(14)34(31,32)19-8-9-20(28)16(11-19)3-10-21(29)30/h4-9,11,14-15,28H,3,10,12-13H2,1-2H3,(H,29,30)/t14-,15+. The van der Waals surface area contributed by atoms with E-state index in [-0.39, 0.29) is 34.8 Å². The van der Waals surface area contributed by atoms with E-state index in [0.717, 1.165) is 0 Å². The highest BCUT2D eigenvalue weighted by molar-refractivity contribution is 7.89. The molecule has 1 heterocycles. The Hall–Kier alpha value is -2.99. The Bertz CT molecular complexity index is 1130. The first kappa shape index (κ1) is 25.6. The van der Waals surface area contributed by atoms with Crippen LogP contribution < -0.4 is 9.64 Å². The zero-order valence-corrected chi connectivity index (χ0v) is 19.3. The highest BCUT2D eigenvalue weighted by Gasteiger charge is 2.39. The number of rotatable bonds is 7. The minimum Gasteiger partial charge on any atom is -0.508 e. The molecule has 3 rings (SSSR count). The lowest BCUT2D eigenvalue weighted by Gasteiger charge is -2.44. The number of carboxylic acids is 1. The van der Waals surface area contributed by atoms with Crippen LogP contribution in [-0.4, -0.2) is 60.4 Å². The average Bonchev–Trinajstić information content (AvgIpc) is 2.71. The van der Waals surface area contributed by atoms with Crippen molar-refractivity contribution >= 4 is 21.7 Å². The molecule has 2 aromatic rings. The lowest BCUT2D eigenvalue weighted by atomic mass is 10.1. The van der Waals surface area contributed by atoms with Gasteiger partial charge in [-0.25, -0.2) is 8.42 Å². The van der Waals surface area contributed by atoms with Crippen molar-refractivity contribution in [2.75, 3.05) is 18.0 Å². The lowest BCUT2D eigenvalue weighted by Crippen LogP contribution is -2.58. The number of sulfonamides is 1. The molecule has 186 valence electrons. The number of phenolic OH excluding ortho intramolecular Hbond substituents is 1. The number of hydrogen-bond acceptors (Lipinski definition) is 6. The van der Waals surface area contributed by atoms with Crippen LogP contribution in [0, 0.1) is 0 Å². The summed E-state index contributed by atoms with van der Waals surface area (Å²) >= 11 is 0. The number of piperazine rings is 1. The molecule has 8 nitrogen and oxygen atoms in total. The maximum Gasteiger partial charge on any atom is 0.573 e. The molecule has 0 spiro atoms. The van der Waals surface area contributed by atoms with Gasteiger partial charge < -0.3 is 19.8 Å². The molecule has 1 fully saturated rings. The molecule has 1 saturated heterocycles. The van der Waals surface area contributed by atoms with E-state index in [1.165, 1.54) is 46.8 Å². The van der Waals surface area contributed by atoms with Gasteiger partial charge in [-0.1, -0.05) is 0 Å². The Balaban J connectivity index is 1.78. The maximum atomic E-state index is 13.4. The summed E-state index contributed by atoms with van der Waals surface area (Å²) in [6.07, 6.45) is -5.06. The van der Waals surface area contributed by atoms with Gasteiger partial charge in [0.15, 0.2) is 0 Å². The van der Waals surface area contributed by atoms with Crippen molar-refractivity contribution in [3.63, 3.8) is 0 Å². The minimum atomic E-state index is -4.79. The molecule has 2 aromatic carbocycles. The van der Waals surface area contributed by atoms with E-state index in [4.69, 9.17) is 5.11 Å². The number of carboxylic acid groups (broad SMARTS) is 1. The molecule has 0 bridgehead atoms. The fraction of sp³-hybridized carbons (Fsp3) is 0.409. The number of aromatic hydroxyl groups is 1. The van der Waals surface area contributed by atoms with Crippen molar-refractivity contribution in [1.29, 1.82) is 0 Å². The van der Waals surface area contributed by atoms with Crippen LogP contribution in [0.15, 0.2) is 47.4 Å². The topological polar surface area (TPSA) is 107 Å². The molecule has 0 saturated carbocycles. The van der Waals surface area contributed by atoms with Crippen molar-refractivity contribution in [3.8, 4) is 11.5 Å². The van der Waals surface area contributed by atoms with Crippen molar-refractivity contribution < 1.29 is 41.3 Å². The summed E-state index contributed by atoms with van der Waals surface area (Å²) in [5.41, 5.74) is 0.856. The molecule has 2 N–H and O–H groups in total. The first-order chi connectivity index (χ1) is 15.8. The molecule has 34 heavy (non-hydrogen) atoms. The van der Waals surface area contributed by atoms with E-state index in [1.807, 2.05) is 4.90 Å². The van der Waals surface area contributed by atoms with Crippen LogP contribution in [-0.2, 0) is 21.2 Å². The summed E-state index contributed by atoms with van der Waals surface area (Å²) in [6.45, 7) is 4.06. The third kappa shape index (κ3) is 5.92. The van der Waals surface area contributed by atoms with Crippen LogP contribution in [0.2, 0.25) is 0 Å². The highest BCUT2D eigenvalue weighted by atomic mass is 32.2. The van der Waals surface area contributed by atoms with E-state index >= 15 is 0 Å². The lowest BCUT2D eigenvalue weighted by molar-refractivity contribution is -0.274. The molecule has 1 aliphatic heterocycles. The summed E-state index contributed by atoms with van der Waals surface area (Å²) < 4.78 is 69.2. The van der Waals surface area contributed by atoms with E-state index in [9.17, 15) is 31.5 Å². The van der Waals surface area contributed by atoms with Crippen molar-refractivity contribution in [2.24, 2.45) is 0 Å². The van der Waals surface area contributed by atoms with E-state index in [1.54, 1.807) is 13.8 Å². The van der Waals surface area contributed by atoms with Crippen molar-refractivity contribution in [3.05, 3.63) is 48.0 Å². The number of phenols is 1. The molecule has 12 heteroatoms. The Kier molecular flexibility index (Phi) is 7.32. The molecular formula is C22H25F3N2O6S. The van der Waals surface area contributed by atoms with Gasteiger partial charge >= 0.3 is 12.3 Å². The van der Waals surface area contributed by atoms with Gasteiger partial charge in [-0.2, -0.15) is 4.31 Å². The number of anilines is 1. The summed E-state index contributed by atoms with van der Waals surface area (Å²) in [5, 5.41) is 18.9. The summed E-state index contributed by atoms with van der Waals surface area (Å²) in [7, 11) is -3.97. The van der Waals surface area contributed by atoms with E-state index < -0.39 is 34.4 Å². The Morgan fingerprint density at radius 1 is 1.09 bits per heavy atom. The van der Waals surface area contributed by atoms with Crippen LogP contribution in [0.4, 0.5) is 18.9 Å². The number of nitrogens with zero attached hydrogens (tertiary/aromatic N) is 2. The van der Waals surface area contributed by atoms with Crippen molar-refractivity contribution in [2.45, 2.75) is 50.0 Å². The zero-order chi connectivity index (χ0) is 25.3.